The van der Waals surface area contributed by atoms with Crippen LogP contribution in [-0.4, -0.2) is 11.5 Å². The predicted octanol–water partition coefficient (Wildman–Crippen LogP) is 4.69. The van der Waals surface area contributed by atoms with Crippen LogP contribution >= 0.6 is 31.9 Å². The van der Waals surface area contributed by atoms with E-state index >= 15 is 0 Å². The van der Waals surface area contributed by atoms with E-state index in [0.29, 0.717) is 12.5 Å². The van der Waals surface area contributed by atoms with Gasteiger partial charge in [0.25, 0.3) is 0 Å². The second-order valence-electron chi connectivity index (χ2n) is 4.71. The summed E-state index contributed by atoms with van der Waals surface area (Å²) in [5, 5.41) is 3.38. The number of halogens is 2. The third kappa shape index (κ3) is 5.41. The molecule has 0 bridgehead atoms. The Bertz CT molecular complexity index is 590. The van der Waals surface area contributed by atoms with Crippen LogP contribution in [0, 0.1) is 0 Å². The second kappa shape index (κ2) is 8.51. The summed E-state index contributed by atoms with van der Waals surface area (Å²) in [7, 11) is 0. The van der Waals surface area contributed by atoms with Gasteiger partial charge in [-0.1, -0.05) is 35.0 Å². The van der Waals surface area contributed by atoms with E-state index in [-0.39, 0.29) is 0 Å². The van der Waals surface area contributed by atoms with Crippen molar-refractivity contribution < 1.29 is 4.74 Å². The number of nitrogens with zero attached hydrogens (tertiary/aromatic N) is 1. The van der Waals surface area contributed by atoms with Crippen LogP contribution in [0.15, 0.2) is 45.5 Å². The van der Waals surface area contributed by atoms with Crippen LogP contribution in [0.1, 0.15) is 24.5 Å². The molecule has 0 amide bonds. The van der Waals surface area contributed by atoms with Crippen LogP contribution in [0.3, 0.4) is 0 Å². The van der Waals surface area contributed by atoms with Crippen LogP contribution in [0.2, 0.25) is 0 Å². The zero-order valence-corrected chi connectivity index (χ0v) is 15.1. The molecule has 0 aliphatic rings. The lowest BCUT2D eigenvalue weighted by Crippen LogP contribution is -2.15. The fraction of sp³-hybridized carbons (Fsp3) is 0.312. The Labute approximate surface area is 142 Å². The number of benzene rings is 1. The molecule has 0 spiro atoms. The summed E-state index contributed by atoms with van der Waals surface area (Å²) in [5.41, 5.74) is 2.18. The number of nitrogens with one attached hydrogen (secondary N) is 1. The molecular formula is C16H18Br2N2O. The van der Waals surface area contributed by atoms with E-state index in [0.717, 1.165) is 39.6 Å². The van der Waals surface area contributed by atoms with E-state index in [1.807, 2.05) is 30.3 Å². The van der Waals surface area contributed by atoms with Gasteiger partial charge in [0.2, 0.25) is 5.88 Å². The fourth-order valence-corrected chi connectivity index (χ4v) is 2.73. The Hall–Kier alpha value is -0.910. The van der Waals surface area contributed by atoms with Crippen LogP contribution in [0.25, 0.3) is 0 Å². The lowest BCUT2D eigenvalue weighted by molar-refractivity contribution is 0.289. The van der Waals surface area contributed by atoms with Crippen molar-refractivity contribution in [3.8, 4) is 5.88 Å². The summed E-state index contributed by atoms with van der Waals surface area (Å²) < 4.78 is 7.89. The van der Waals surface area contributed by atoms with Gasteiger partial charge < -0.3 is 10.1 Å². The summed E-state index contributed by atoms with van der Waals surface area (Å²) >= 11 is 6.93. The van der Waals surface area contributed by atoms with Crippen molar-refractivity contribution in [3.63, 3.8) is 0 Å². The molecule has 0 unspecified atom stereocenters. The monoisotopic (exact) mass is 412 g/mol. The maximum Gasteiger partial charge on any atom is 0.218 e. The minimum absolute atomic E-state index is 0.509. The molecule has 0 atom stereocenters. The maximum atomic E-state index is 5.87. The number of hydrogen-bond donors (Lipinski definition) is 1. The number of pyridine rings is 1. The molecule has 112 valence electrons. The zero-order valence-electron chi connectivity index (χ0n) is 11.9. The summed E-state index contributed by atoms with van der Waals surface area (Å²) in [4.78, 5) is 4.37. The molecule has 3 nitrogen and oxygen atoms in total. The van der Waals surface area contributed by atoms with E-state index in [1.54, 1.807) is 6.20 Å². The average Bonchev–Trinajstić information content (AvgIpc) is 2.47. The Morgan fingerprint density at radius 1 is 1.19 bits per heavy atom. The second-order valence-corrected chi connectivity index (χ2v) is 6.54. The maximum absolute atomic E-state index is 5.87. The summed E-state index contributed by atoms with van der Waals surface area (Å²) in [5.74, 6) is 0.682. The van der Waals surface area contributed by atoms with Crippen molar-refractivity contribution >= 4 is 31.9 Å². The van der Waals surface area contributed by atoms with E-state index in [9.17, 15) is 0 Å². The molecule has 0 aliphatic carbocycles. The topological polar surface area (TPSA) is 34.2 Å². The third-order valence-electron chi connectivity index (χ3n) is 2.90. The van der Waals surface area contributed by atoms with Gasteiger partial charge in [-0.05, 0) is 52.7 Å². The molecule has 1 heterocycles. The van der Waals surface area contributed by atoms with Gasteiger partial charge in [0.1, 0.15) is 6.61 Å². The first-order valence-corrected chi connectivity index (χ1v) is 8.50. The lowest BCUT2D eigenvalue weighted by Gasteiger charge is -2.11. The molecule has 1 aromatic carbocycles. The molecule has 21 heavy (non-hydrogen) atoms. The molecule has 0 aliphatic heterocycles. The normalized spacial score (nSPS) is 10.6. The fourth-order valence-electron chi connectivity index (χ4n) is 1.90. The van der Waals surface area contributed by atoms with Crippen molar-refractivity contribution in [1.29, 1.82) is 0 Å². The van der Waals surface area contributed by atoms with Crippen LogP contribution in [0.5, 0.6) is 5.88 Å². The summed E-state index contributed by atoms with van der Waals surface area (Å²) in [6.45, 7) is 4.40. The van der Waals surface area contributed by atoms with Crippen LogP contribution in [-0.2, 0) is 13.2 Å². The first kappa shape index (κ1) is 16.5. The number of aromatic nitrogens is 1. The first-order valence-electron chi connectivity index (χ1n) is 6.91. The van der Waals surface area contributed by atoms with Gasteiger partial charge in [0.05, 0.1) is 0 Å². The minimum atomic E-state index is 0.509. The van der Waals surface area contributed by atoms with Crippen molar-refractivity contribution in [3.05, 3.63) is 56.6 Å². The highest BCUT2D eigenvalue weighted by Crippen LogP contribution is 2.21. The van der Waals surface area contributed by atoms with Crippen molar-refractivity contribution in [2.45, 2.75) is 26.5 Å². The lowest BCUT2D eigenvalue weighted by atomic mass is 10.2. The van der Waals surface area contributed by atoms with Gasteiger partial charge in [-0.3, -0.25) is 0 Å². The average molecular weight is 414 g/mol. The number of rotatable bonds is 7. The highest BCUT2D eigenvalue weighted by Gasteiger charge is 2.07. The van der Waals surface area contributed by atoms with Gasteiger partial charge in [0, 0.05) is 27.3 Å². The Kier molecular flexibility index (Phi) is 6.67. The van der Waals surface area contributed by atoms with Gasteiger partial charge in [-0.15, -0.1) is 0 Å². The standard InChI is InChI=1S/C16H18Br2N2O/c1-2-6-19-9-13-8-15(18)10-20-16(13)21-11-12-4-3-5-14(17)7-12/h3-5,7-8,10,19H,2,6,9,11H2,1H3. The van der Waals surface area contributed by atoms with Crippen molar-refractivity contribution in [1.82, 2.24) is 10.3 Å². The molecule has 0 saturated carbocycles. The first-order chi connectivity index (χ1) is 10.2. The third-order valence-corrected chi connectivity index (χ3v) is 3.83. The van der Waals surface area contributed by atoms with E-state index in [1.165, 1.54) is 0 Å². The largest absolute Gasteiger partial charge is 0.473 e. The summed E-state index contributed by atoms with van der Waals surface area (Å²) in [6.07, 6.45) is 2.87. The van der Waals surface area contributed by atoms with Gasteiger partial charge in [-0.2, -0.15) is 0 Å². The SMILES string of the molecule is CCCNCc1cc(Br)cnc1OCc1cccc(Br)c1. The van der Waals surface area contributed by atoms with Gasteiger partial charge >= 0.3 is 0 Å². The molecule has 0 saturated heterocycles. The molecule has 0 fully saturated rings. The van der Waals surface area contributed by atoms with Crippen LogP contribution in [0.4, 0.5) is 0 Å². The Balaban J connectivity index is 2.04. The minimum Gasteiger partial charge on any atom is -0.473 e. The van der Waals surface area contributed by atoms with E-state index < -0.39 is 0 Å². The van der Waals surface area contributed by atoms with Gasteiger partial charge in [-0.25, -0.2) is 4.98 Å². The van der Waals surface area contributed by atoms with E-state index in [2.05, 4.69) is 49.1 Å². The molecule has 1 aromatic heterocycles. The predicted molar refractivity (Wildman–Crippen MR) is 92.4 cm³/mol. The molecule has 1 N–H and O–H groups in total. The Morgan fingerprint density at radius 2 is 2.05 bits per heavy atom. The molecule has 0 radical (unpaired) electrons. The highest BCUT2D eigenvalue weighted by atomic mass is 79.9. The summed E-state index contributed by atoms with van der Waals surface area (Å²) in [6, 6.07) is 10.1. The zero-order chi connectivity index (χ0) is 15.1. The Morgan fingerprint density at radius 3 is 2.81 bits per heavy atom. The quantitative estimate of drug-likeness (QED) is 0.668. The smallest absolute Gasteiger partial charge is 0.218 e. The van der Waals surface area contributed by atoms with E-state index in [4.69, 9.17) is 4.74 Å². The van der Waals surface area contributed by atoms with Crippen LogP contribution < -0.4 is 10.1 Å². The number of hydrogen-bond acceptors (Lipinski definition) is 3. The number of ether oxygens (including phenoxy) is 1. The highest BCUT2D eigenvalue weighted by molar-refractivity contribution is 9.10. The molecule has 2 aromatic rings. The van der Waals surface area contributed by atoms with Gasteiger partial charge in [0.15, 0.2) is 0 Å². The molecule has 5 heteroatoms. The molecule has 2 rings (SSSR count). The van der Waals surface area contributed by atoms with Crippen molar-refractivity contribution in [2.75, 3.05) is 6.54 Å². The molecular weight excluding hydrogens is 396 g/mol. The van der Waals surface area contributed by atoms with Crippen molar-refractivity contribution in [2.24, 2.45) is 0 Å².